The zero-order valence-electron chi connectivity index (χ0n) is 20.2. The number of hydrogen-bond donors (Lipinski definition) is 0. The van der Waals surface area contributed by atoms with Gasteiger partial charge in [-0.2, -0.15) is 13.2 Å². The Labute approximate surface area is 198 Å². The van der Waals surface area contributed by atoms with Gasteiger partial charge in [-0.15, -0.1) is 0 Å². The van der Waals surface area contributed by atoms with E-state index in [0.29, 0.717) is 0 Å². The van der Waals surface area contributed by atoms with Crippen LogP contribution in [-0.4, -0.2) is 23.0 Å². The van der Waals surface area contributed by atoms with Crippen molar-refractivity contribution in [3.8, 4) is 0 Å². The summed E-state index contributed by atoms with van der Waals surface area (Å²) in [7, 11) is -6.09. The number of unbranched alkanes of at least 4 members (excludes halogenated alkanes) is 15. The highest BCUT2D eigenvalue weighted by molar-refractivity contribution is 7.86. The largest absolute Gasteiger partial charge is 0.741 e. The van der Waals surface area contributed by atoms with Crippen LogP contribution < -0.4 is 4.57 Å². The molecule has 1 aromatic rings. The van der Waals surface area contributed by atoms with E-state index in [2.05, 4.69) is 36.8 Å². The van der Waals surface area contributed by atoms with Crippen molar-refractivity contribution in [3.63, 3.8) is 0 Å². The van der Waals surface area contributed by atoms with Crippen LogP contribution in [0.5, 0.6) is 0 Å². The molecule has 194 valence electrons. The first-order valence-corrected chi connectivity index (χ1v) is 13.7. The lowest BCUT2D eigenvalue weighted by Crippen LogP contribution is -2.30. The highest BCUT2D eigenvalue weighted by Gasteiger charge is 2.36. The molecule has 0 radical (unpaired) electrons. The summed E-state index contributed by atoms with van der Waals surface area (Å²) >= 11 is 0. The van der Waals surface area contributed by atoms with E-state index in [9.17, 15) is 13.2 Å². The fourth-order valence-corrected chi connectivity index (χ4v) is 3.49. The summed E-state index contributed by atoms with van der Waals surface area (Å²) in [5, 5.41) is 0. The van der Waals surface area contributed by atoms with E-state index >= 15 is 0 Å². The molecule has 0 fully saturated rings. The predicted octanol–water partition coefficient (Wildman–Crippen LogP) is 7.19. The maximum absolute atomic E-state index is 10.7. The Kier molecular flexibility index (Phi) is 18.2. The first-order chi connectivity index (χ1) is 15.6. The quantitative estimate of drug-likeness (QED) is 0.0935. The van der Waals surface area contributed by atoms with Crippen LogP contribution in [0, 0.1) is 0 Å². The van der Waals surface area contributed by atoms with E-state index in [-0.39, 0.29) is 0 Å². The second kappa shape index (κ2) is 19.0. The Morgan fingerprint density at radius 1 is 0.848 bits per heavy atom. The van der Waals surface area contributed by atoms with Crippen LogP contribution in [-0.2, 0) is 16.7 Å². The molecule has 0 aliphatic heterocycles. The van der Waals surface area contributed by atoms with Gasteiger partial charge in [0.1, 0.15) is 12.4 Å². The number of aromatic nitrogens is 2. The molecular weight excluding hydrogens is 453 g/mol. The molecule has 1 heterocycles. The average Bonchev–Trinajstić information content (AvgIpc) is 3.20. The SMILES string of the molecule is C=Cn1cc[n+](CCCCCCCCCCCCCCCCCC)c1.O=S(=O)([O-])C(F)(F)F. The van der Waals surface area contributed by atoms with Crippen LogP contribution in [0.4, 0.5) is 13.2 Å². The molecule has 0 spiro atoms. The third-order valence-electron chi connectivity index (χ3n) is 5.48. The minimum atomic E-state index is -6.09. The molecule has 33 heavy (non-hydrogen) atoms. The summed E-state index contributed by atoms with van der Waals surface area (Å²) in [5.74, 6) is 0. The van der Waals surface area contributed by atoms with Crippen LogP contribution in [0.2, 0.25) is 0 Å². The molecular formula is C24H43F3N2O3S. The molecule has 0 saturated carbocycles. The highest BCUT2D eigenvalue weighted by Crippen LogP contribution is 2.20. The molecule has 0 N–H and O–H groups in total. The maximum Gasteiger partial charge on any atom is 0.485 e. The van der Waals surface area contributed by atoms with E-state index in [1.807, 2.05) is 10.8 Å². The molecule has 9 heteroatoms. The maximum atomic E-state index is 10.7. The van der Waals surface area contributed by atoms with Crippen LogP contribution in [0.3, 0.4) is 0 Å². The molecule has 0 bridgehead atoms. The zero-order valence-corrected chi connectivity index (χ0v) is 21.0. The van der Waals surface area contributed by atoms with Gasteiger partial charge in [-0.25, -0.2) is 17.6 Å². The summed E-state index contributed by atoms with van der Waals surface area (Å²) in [4.78, 5) is 0. The number of alkyl halides is 3. The summed E-state index contributed by atoms with van der Waals surface area (Å²) in [6.07, 6.45) is 31.0. The van der Waals surface area contributed by atoms with E-state index in [4.69, 9.17) is 13.0 Å². The summed E-state index contributed by atoms with van der Waals surface area (Å²) in [6.45, 7) is 7.21. The van der Waals surface area contributed by atoms with Crippen LogP contribution in [0.1, 0.15) is 110 Å². The van der Waals surface area contributed by atoms with E-state index in [1.54, 1.807) is 0 Å². The lowest BCUT2D eigenvalue weighted by Gasteiger charge is -2.08. The highest BCUT2D eigenvalue weighted by atomic mass is 32.2. The lowest BCUT2D eigenvalue weighted by molar-refractivity contribution is -0.696. The number of rotatable bonds is 18. The molecule has 0 aliphatic carbocycles. The fraction of sp³-hybridized carbons (Fsp3) is 0.792. The number of imidazole rings is 1. The normalized spacial score (nSPS) is 11.8. The number of nitrogens with zero attached hydrogens (tertiary/aromatic N) is 2. The third kappa shape index (κ3) is 18.7. The molecule has 1 aromatic heterocycles. The van der Waals surface area contributed by atoms with Gasteiger partial charge in [-0.3, -0.25) is 0 Å². The molecule has 0 amide bonds. The first kappa shape index (κ1) is 31.6. The fourth-order valence-electron chi connectivity index (χ4n) is 3.49. The Bertz CT molecular complexity index is 704. The van der Waals surface area contributed by atoms with Gasteiger partial charge in [0.15, 0.2) is 10.1 Å². The smallest absolute Gasteiger partial charge is 0.485 e. The summed E-state index contributed by atoms with van der Waals surface area (Å²) < 4.78 is 63.2. The van der Waals surface area contributed by atoms with Crippen molar-refractivity contribution in [1.29, 1.82) is 0 Å². The molecule has 0 saturated heterocycles. The Balaban J connectivity index is 0.00000109. The minimum Gasteiger partial charge on any atom is -0.741 e. The van der Waals surface area contributed by atoms with Gasteiger partial charge in [0, 0.05) is 0 Å². The number of halogens is 3. The minimum absolute atomic E-state index is 1.14. The molecule has 5 nitrogen and oxygen atoms in total. The van der Waals surface area contributed by atoms with Gasteiger partial charge >= 0.3 is 5.51 Å². The zero-order chi connectivity index (χ0) is 25.0. The average molecular weight is 497 g/mol. The van der Waals surface area contributed by atoms with Gasteiger partial charge in [-0.1, -0.05) is 103 Å². The van der Waals surface area contributed by atoms with Crippen molar-refractivity contribution in [2.24, 2.45) is 0 Å². The van der Waals surface area contributed by atoms with E-state index in [1.165, 1.54) is 103 Å². The molecule has 0 atom stereocenters. The van der Waals surface area contributed by atoms with E-state index < -0.39 is 15.6 Å². The topological polar surface area (TPSA) is 66.0 Å². The molecule has 0 aromatic carbocycles. The van der Waals surface area contributed by atoms with Crippen molar-refractivity contribution in [2.45, 2.75) is 122 Å². The molecule has 0 unspecified atom stereocenters. The molecule has 0 aliphatic rings. The monoisotopic (exact) mass is 496 g/mol. The Morgan fingerprint density at radius 2 is 1.21 bits per heavy atom. The number of aryl methyl sites for hydroxylation is 1. The van der Waals surface area contributed by atoms with Crippen molar-refractivity contribution in [3.05, 3.63) is 25.3 Å². The van der Waals surface area contributed by atoms with Crippen molar-refractivity contribution in [2.75, 3.05) is 0 Å². The van der Waals surface area contributed by atoms with E-state index in [0.717, 1.165) is 6.54 Å². The second-order valence-electron chi connectivity index (χ2n) is 8.48. The van der Waals surface area contributed by atoms with Crippen LogP contribution >= 0.6 is 0 Å². The lowest BCUT2D eigenvalue weighted by atomic mass is 10.0. The second-order valence-corrected chi connectivity index (χ2v) is 9.86. The first-order valence-electron chi connectivity index (χ1n) is 12.3. The third-order valence-corrected chi connectivity index (χ3v) is 6.04. The van der Waals surface area contributed by atoms with Gasteiger partial charge < -0.3 is 4.55 Å². The summed E-state index contributed by atoms with van der Waals surface area (Å²) in [5.41, 5.74) is -5.65. The van der Waals surface area contributed by atoms with Gasteiger partial charge in [0.05, 0.1) is 12.7 Å². The number of hydrogen-bond acceptors (Lipinski definition) is 3. The Morgan fingerprint density at radius 3 is 1.52 bits per heavy atom. The van der Waals surface area contributed by atoms with Crippen LogP contribution in [0.15, 0.2) is 25.3 Å². The van der Waals surface area contributed by atoms with Crippen molar-refractivity contribution < 1.29 is 30.7 Å². The Hall–Kier alpha value is -1.35. The van der Waals surface area contributed by atoms with Crippen molar-refractivity contribution in [1.82, 2.24) is 4.57 Å². The summed E-state index contributed by atoms with van der Waals surface area (Å²) in [6, 6.07) is 0. The van der Waals surface area contributed by atoms with Crippen molar-refractivity contribution >= 4 is 16.3 Å². The van der Waals surface area contributed by atoms with Gasteiger partial charge in [0.25, 0.3) is 0 Å². The predicted molar refractivity (Wildman–Crippen MR) is 126 cm³/mol. The standard InChI is InChI=1S/C23H43N2.CHF3O3S/c1-3-5-6-7-8-9-10-11-12-13-14-15-16-17-18-19-20-25-22-21-24(4-2)23-25;2-1(3,4)8(5,6)7/h4,21-23H,2-3,5-20H2,1H3;(H,5,6,7)/q+1;/p-1. The molecule has 1 rings (SSSR count). The van der Waals surface area contributed by atoms with Gasteiger partial charge in [-0.05, 0) is 12.8 Å². The van der Waals surface area contributed by atoms with Crippen LogP contribution in [0.25, 0.3) is 6.20 Å². The van der Waals surface area contributed by atoms with Gasteiger partial charge in [0.2, 0.25) is 6.33 Å².